The predicted molar refractivity (Wildman–Crippen MR) is 80.1 cm³/mol. The molecule has 0 aliphatic heterocycles. The van der Waals surface area contributed by atoms with Gasteiger partial charge in [0.1, 0.15) is 0 Å². The highest BCUT2D eigenvalue weighted by molar-refractivity contribution is 5.85. The molecular weight excluding hydrogens is 254 g/mol. The third-order valence-electron chi connectivity index (χ3n) is 3.35. The molecule has 2 aromatic heterocycles. The van der Waals surface area contributed by atoms with Gasteiger partial charge in [0.15, 0.2) is 17.3 Å². The first-order valence-corrected chi connectivity index (χ1v) is 6.60. The van der Waals surface area contributed by atoms with Crippen molar-refractivity contribution in [2.75, 3.05) is 24.2 Å². The van der Waals surface area contributed by atoms with Crippen LogP contribution in [0, 0.1) is 0 Å². The largest absolute Gasteiger partial charge is 0.491 e. The molecule has 6 nitrogen and oxygen atoms in total. The van der Waals surface area contributed by atoms with Crippen molar-refractivity contribution in [3.63, 3.8) is 0 Å². The zero-order valence-corrected chi connectivity index (χ0v) is 11.5. The van der Waals surface area contributed by atoms with Crippen molar-refractivity contribution < 1.29 is 5.11 Å². The molecule has 3 N–H and O–H groups in total. The van der Waals surface area contributed by atoms with E-state index >= 15 is 0 Å². The molecule has 0 spiro atoms. The summed E-state index contributed by atoms with van der Waals surface area (Å²) >= 11 is 0. The molecule has 0 bridgehead atoms. The summed E-state index contributed by atoms with van der Waals surface area (Å²) in [6.07, 6.45) is 0.974. The Balaban J connectivity index is 2.42. The van der Waals surface area contributed by atoms with E-state index in [9.17, 15) is 5.11 Å². The summed E-state index contributed by atoms with van der Waals surface area (Å²) in [5.74, 6) is 0.938. The van der Waals surface area contributed by atoms with Gasteiger partial charge in [-0.3, -0.25) is 4.40 Å². The second-order valence-corrected chi connectivity index (χ2v) is 4.83. The Hall–Kier alpha value is -2.50. The smallest absolute Gasteiger partial charge is 0.255 e. The zero-order chi connectivity index (χ0) is 14.3. The molecule has 0 aliphatic rings. The van der Waals surface area contributed by atoms with Gasteiger partial charge in [-0.05, 0) is 18.6 Å². The van der Waals surface area contributed by atoms with Gasteiger partial charge in [0, 0.05) is 13.6 Å². The first kappa shape index (κ1) is 12.5. The van der Waals surface area contributed by atoms with Gasteiger partial charge < -0.3 is 15.7 Å². The fraction of sp³-hybridized carbons (Fsp3) is 0.286. The van der Waals surface area contributed by atoms with Crippen LogP contribution in [-0.4, -0.2) is 33.1 Å². The summed E-state index contributed by atoms with van der Waals surface area (Å²) in [7, 11) is 1.93. The molecule has 1 aromatic carbocycles. The van der Waals surface area contributed by atoms with E-state index in [0.717, 1.165) is 24.0 Å². The second-order valence-electron chi connectivity index (χ2n) is 4.83. The van der Waals surface area contributed by atoms with E-state index in [-0.39, 0.29) is 5.88 Å². The number of rotatable bonds is 3. The fourth-order valence-electron chi connectivity index (χ4n) is 2.51. The van der Waals surface area contributed by atoms with Crippen LogP contribution < -0.4 is 10.6 Å². The lowest BCUT2D eigenvalue weighted by Gasteiger charge is -2.18. The lowest BCUT2D eigenvalue weighted by atomic mass is 10.3. The first-order chi connectivity index (χ1) is 9.63. The molecule has 0 unspecified atom stereocenters. The minimum atomic E-state index is -0.0224. The van der Waals surface area contributed by atoms with E-state index in [2.05, 4.69) is 16.9 Å². The first-order valence-electron chi connectivity index (χ1n) is 6.60. The van der Waals surface area contributed by atoms with Crippen LogP contribution in [0.3, 0.4) is 0 Å². The van der Waals surface area contributed by atoms with Gasteiger partial charge in [-0.1, -0.05) is 19.1 Å². The molecule has 0 atom stereocenters. The Morgan fingerprint density at radius 1 is 1.30 bits per heavy atom. The molecule has 3 aromatic rings. The van der Waals surface area contributed by atoms with Crippen LogP contribution in [0.1, 0.15) is 13.3 Å². The standard InChI is InChI=1S/C14H17N5O/c1-3-8-18(2)14-13(20)17-12-11(15)16-9-6-4-5-7-10(9)19(12)14/h4-7,20H,3,8H2,1-2H3,(H2,15,16). The molecule has 0 fully saturated rings. The molecule has 0 saturated heterocycles. The Labute approximate surface area is 116 Å². The van der Waals surface area contributed by atoms with Crippen LogP contribution in [-0.2, 0) is 0 Å². The van der Waals surface area contributed by atoms with E-state index in [4.69, 9.17) is 5.73 Å². The average Bonchev–Trinajstić information content (AvgIpc) is 2.77. The van der Waals surface area contributed by atoms with Crippen molar-refractivity contribution in [3.8, 4) is 5.88 Å². The van der Waals surface area contributed by atoms with Gasteiger partial charge in [0.2, 0.25) is 0 Å². The Bertz CT molecular complexity index is 780. The van der Waals surface area contributed by atoms with Crippen LogP contribution in [0.5, 0.6) is 5.88 Å². The van der Waals surface area contributed by atoms with Gasteiger partial charge in [-0.25, -0.2) is 4.98 Å². The van der Waals surface area contributed by atoms with Crippen molar-refractivity contribution in [1.82, 2.24) is 14.4 Å². The van der Waals surface area contributed by atoms with E-state index in [1.54, 1.807) is 0 Å². The third-order valence-corrected chi connectivity index (χ3v) is 3.35. The second kappa shape index (κ2) is 4.56. The summed E-state index contributed by atoms with van der Waals surface area (Å²) < 4.78 is 1.86. The SMILES string of the molecule is CCCN(C)c1c(O)nc2c(N)nc3ccccc3n12. The minimum absolute atomic E-state index is 0.0224. The lowest BCUT2D eigenvalue weighted by Crippen LogP contribution is -2.19. The highest BCUT2D eigenvalue weighted by atomic mass is 16.3. The highest BCUT2D eigenvalue weighted by Crippen LogP contribution is 2.32. The number of hydrogen-bond acceptors (Lipinski definition) is 5. The number of benzene rings is 1. The van der Waals surface area contributed by atoms with Crippen molar-refractivity contribution >= 4 is 28.3 Å². The quantitative estimate of drug-likeness (QED) is 0.761. The summed E-state index contributed by atoms with van der Waals surface area (Å²) in [5, 5.41) is 10.2. The summed E-state index contributed by atoms with van der Waals surface area (Å²) in [6, 6.07) is 7.68. The maximum Gasteiger partial charge on any atom is 0.255 e. The molecular formula is C14H17N5O. The molecule has 2 heterocycles. The van der Waals surface area contributed by atoms with Crippen molar-refractivity contribution in [3.05, 3.63) is 24.3 Å². The minimum Gasteiger partial charge on any atom is -0.491 e. The average molecular weight is 271 g/mol. The van der Waals surface area contributed by atoms with E-state index in [1.165, 1.54) is 0 Å². The number of imidazole rings is 1. The molecule has 6 heteroatoms. The number of nitrogens with two attached hydrogens (primary N) is 1. The molecule has 0 aliphatic carbocycles. The van der Waals surface area contributed by atoms with Crippen LogP contribution in [0.4, 0.5) is 11.6 Å². The zero-order valence-electron chi connectivity index (χ0n) is 11.5. The van der Waals surface area contributed by atoms with E-state index in [0.29, 0.717) is 17.3 Å². The van der Waals surface area contributed by atoms with Gasteiger partial charge in [-0.2, -0.15) is 4.98 Å². The topological polar surface area (TPSA) is 79.7 Å². The van der Waals surface area contributed by atoms with Gasteiger partial charge in [-0.15, -0.1) is 0 Å². The number of aromatic nitrogens is 3. The molecule has 0 amide bonds. The predicted octanol–water partition coefficient (Wildman–Crippen LogP) is 2.02. The fourth-order valence-corrected chi connectivity index (χ4v) is 2.51. The normalized spacial score (nSPS) is 11.3. The van der Waals surface area contributed by atoms with Crippen molar-refractivity contribution in [1.29, 1.82) is 0 Å². The van der Waals surface area contributed by atoms with Gasteiger partial charge >= 0.3 is 0 Å². The summed E-state index contributed by atoms with van der Waals surface area (Å²) in [6.45, 7) is 2.91. The number of nitrogens with zero attached hydrogens (tertiary/aromatic N) is 4. The molecule has 0 radical (unpaired) electrons. The van der Waals surface area contributed by atoms with Crippen LogP contribution >= 0.6 is 0 Å². The highest BCUT2D eigenvalue weighted by Gasteiger charge is 2.19. The number of hydrogen-bond donors (Lipinski definition) is 2. The number of fused-ring (bicyclic) bond motifs is 3. The molecule has 0 saturated carbocycles. The van der Waals surface area contributed by atoms with Crippen LogP contribution in [0.25, 0.3) is 16.7 Å². The Morgan fingerprint density at radius 2 is 2.05 bits per heavy atom. The lowest BCUT2D eigenvalue weighted by molar-refractivity contribution is 0.457. The van der Waals surface area contributed by atoms with Crippen LogP contribution in [0.15, 0.2) is 24.3 Å². The third kappa shape index (κ3) is 1.72. The maximum absolute atomic E-state index is 10.2. The molecule has 20 heavy (non-hydrogen) atoms. The van der Waals surface area contributed by atoms with Crippen molar-refractivity contribution in [2.24, 2.45) is 0 Å². The Kier molecular flexibility index (Phi) is 2.85. The maximum atomic E-state index is 10.2. The van der Waals surface area contributed by atoms with Gasteiger partial charge in [0.25, 0.3) is 5.88 Å². The van der Waals surface area contributed by atoms with Crippen LogP contribution in [0.2, 0.25) is 0 Å². The monoisotopic (exact) mass is 271 g/mol. The van der Waals surface area contributed by atoms with Crippen molar-refractivity contribution in [2.45, 2.75) is 13.3 Å². The van der Waals surface area contributed by atoms with E-state index in [1.807, 2.05) is 40.6 Å². The number of nitrogen functional groups attached to an aromatic ring is 1. The van der Waals surface area contributed by atoms with Gasteiger partial charge in [0.05, 0.1) is 11.0 Å². The number of aromatic hydroxyl groups is 1. The number of anilines is 2. The number of para-hydroxylation sites is 2. The summed E-state index contributed by atoms with van der Waals surface area (Å²) in [5.41, 5.74) is 8.10. The Morgan fingerprint density at radius 3 is 2.80 bits per heavy atom. The molecule has 104 valence electrons. The molecule has 3 rings (SSSR count). The summed E-state index contributed by atoms with van der Waals surface area (Å²) in [4.78, 5) is 10.5. The van der Waals surface area contributed by atoms with E-state index < -0.39 is 0 Å².